The van der Waals surface area contributed by atoms with Crippen LogP contribution < -0.4 is 0 Å². The number of esters is 1. The number of aryl methyl sites for hydroxylation is 2. The molecular weight excluding hydrogens is 374 g/mol. The van der Waals surface area contributed by atoms with Gasteiger partial charge in [-0.05, 0) is 61.9 Å². The molecule has 5 nitrogen and oxygen atoms in total. The van der Waals surface area contributed by atoms with E-state index in [-0.39, 0.29) is 17.8 Å². The highest BCUT2D eigenvalue weighted by molar-refractivity contribution is 5.79. The lowest BCUT2D eigenvalue weighted by Gasteiger charge is -2.20. The van der Waals surface area contributed by atoms with Gasteiger partial charge in [0.2, 0.25) is 0 Å². The fourth-order valence-electron chi connectivity index (χ4n) is 4.03. The van der Waals surface area contributed by atoms with E-state index in [9.17, 15) is 4.79 Å². The Morgan fingerprint density at radius 3 is 2.30 bits per heavy atom. The van der Waals surface area contributed by atoms with Crippen molar-refractivity contribution in [2.75, 3.05) is 6.61 Å². The Bertz CT molecular complexity index is 1030. The Morgan fingerprint density at radius 2 is 1.73 bits per heavy atom. The van der Waals surface area contributed by atoms with Gasteiger partial charge < -0.3 is 4.74 Å². The molecule has 0 spiro atoms. The second kappa shape index (κ2) is 8.99. The molecule has 0 saturated heterocycles. The lowest BCUT2D eigenvalue weighted by atomic mass is 9.88. The highest BCUT2D eigenvalue weighted by Gasteiger charge is 2.26. The molecule has 0 radical (unpaired) electrons. The molecule has 2 heterocycles. The van der Waals surface area contributed by atoms with E-state index < -0.39 is 0 Å². The second-order valence-corrected chi connectivity index (χ2v) is 8.78. The number of hydrogen-bond acceptors (Lipinski definition) is 4. The van der Waals surface area contributed by atoms with Crippen molar-refractivity contribution in [3.8, 4) is 5.69 Å². The molecule has 0 bridgehead atoms. The molecule has 1 atom stereocenters. The van der Waals surface area contributed by atoms with Crippen LogP contribution in [-0.4, -0.2) is 27.1 Å². The van der Waals surface area contributed by atoms with Gasteiger partial charge in [-0.15, -0.1) is 0 Å². The number of aromatic nitrogens is 3. The van der Waals surface area contributed by atoms with Gasteiger partial charge in [-0.3, -0.25) is 9.36 Å². The Balaban J connectivity index is 2.10. The molecule has 3 aromatic rings. The van der Waals surface area contributed by atoms with Crippen LogP contribution in [0.5, 0.6) is 0 Å². The van der Waals surface area contributed by atoms with Crippen LogP contribution in [0.1, 0.15) is 63.2 Å². The van der Waals surface area contributed by atoms with Crippen LogP contribution in [0.25, 0.3) is 16.9 Å². The van der Waals surface area contributed by atoms with Crippen LogP contribution in [0, 0.1) is 25.7 Å². The first kappa shape index (κ1) is 22.0. The molecule has 30 heavy (non-hydrogen) atoms. The van der Waals surface area contributed by atoms with Gasteiger partial charge in [-0.2, -0.15) is 0 Å². The maximum atomic E-state index is 12.5. The number of fused-ring (bicyclic) bond motifs is 1. The molecule has 0 saturated carbocycles. The predicted octanol–water partition coefficient (Wildman–Crippen LogP) is 5.54. The van der Waals surface area contributed by atoms with Crippen molar-refractivity contribution in [1.29, 1.82) is 0 Å². The Hall–Kier alpha value is -2.69. The van der Waals surface area contributed by atoms with E-state index in [2.05, 4.69) is 57.4 Å². The summed E-state index contributed by atoms with van der Waals surface area (Å²) in [6.45, 7) is 14.8. The van der Waals surface area contributed by atoms with Gasteiger partial charge in [0.25, 0.3) is 0 Å². The van der Waals surface area contributed by atoms with Gasteiger partial charge in [0.15, 0.2) is 5.65 Å². The summed E-state index contributed by atoms with van der Waals surface area (Å²) < 4.78 is 7.47. The van der Waals surface area contributed by atoms with E-state index >= 15 is 0 Å². The topological polar surface area (TPSA) is 57.0 Å². The van der Waals surface area contributed by atoms with E-state index in [1.807, 2.05) is 26.0 Å². The summed E-state index contributed by atoms with van der Waals surface area (Å²) in [5.74, 6) is 1.22. The minimum atomic E-state index is -0.267. The quantitative estimate of drug-likeness (QED) is 0.483. The summed E-state index contributed by atoms with van der Waals surface area (Å²) in [5, 5.41) is 0. The van der Waals surface area contributed by atoms with Crippen molar-refractivity contribution >= 4 is 17.1 Å². The maximum Gasteiger partial charge on any atom is 0.313 e. The van der Waals surface area contributed by atoms with Crippen LogP contribution in [-0.2, 0) is 16.0 Å². The summed E-state index contributed by atoms with van der Waals surface area (Å²) in [6.07, 6.45) is 0.869. The fraction of sp³-hybridized carbons (Fsp3) is 0.480. The average Bonchev–Trinajstić information content (AvgIpc) is 3.00. The third kappa shape index (κ3) is 4.40. The van der Waals surface area contributed by atoms with Crippen LogP contribution in [0.3, 0.4) is 0 Å². The Labute approximate surface area is 179 Å². The molecule has 0 amide bonds. The number of rotatable bonds is 7. The van der Waals surface area contributed by atoms with Crippen LogP contribution in [0.15, 0.2) is 30.3 Å². The molecule has 1 aromatic carbocycles. The number of benzene rings is 1. The first-order chi connectivity index (χ1) is 14.2. The summed E-state index contributed by atoms with van der Waals surface area (Å²) in [7, 11) is 0. The smallest absolute Gasteiger partial charge is 0.313 e. The van der Waals surface area contributed by atoms with Crippen molar-refractivity contribution in [3.63, 3.8) is 0 Å². The highest BCUT2D eigenvalue weighted by atomic mass is 16.5. The van der Waals surface area contributed by atoms with Crippen LogP contribution in [0.2, 0.25) is 0 Å². The highest BCUT2D eigenvalue weighted by Crippen LogP contribution is 2.29. The molecule has 5 heteroatoms. The summed E-state index contributed by atoms with van der Waals surface area (Å²) in [4.78, 5) is 22.2. The molecule has 0 aliphatic heterocycles. The van der Waals surface area contributed by atoms with Gasteiger partial charge in [-0.25, -0.2) is 9.97 Å². The van der Waals surface area contributed by atoms with Crippen molar-refractivity contribution < 1.29 is 9.53 Å². The Morgan fingerprint density at radius 1 is 1.07 bits per heavy atom. The number of hydrogen-bond donors (Lipinski definition) is 0. The van der Waals surface area contributed by atoms with Crippen LogP contribution >= 0.6 is 0 Å². The number of imidazole rings is 1. The summed E-state index contributed by atoms with van der Waals surface area (Å²) in [5.41, 5.74) is 5.95. The summed E-state index contributed by atoms with van der Waals surface area (Å²) >= 11 is 0. The molecule has 0 fully saturated rings. The second-order valence-electron chi connectivity index (χ2n) is 8.78. The first-order valence-corrected chi connectivity index (χ1v) is 10.8. The van der Waals surface area contributed by atoms with Crippen molar-refractivity contribution in [2.45, 2.75) is 60.8 Å². The van der Waals surface area contributed by atoms with Gasteiger partial charge in [0.1, 0.15) is 11.3 Å². The first-order valence-electron chi connectivity index (χ1n) is 10.8. The lowest BCUT2D eigenvalue weighted by Crippen LogP contribution is -2.21. The third-order valence-electron chi connectivity index (χ3n) is 5.31. The molecule has 3 rings (SSSR count). The SMILES string of the molecule is CCOC(=O)C(c1ccc(-n2c(CC(C)C)nc3c(C)cc(C)nc32)cc1)C(C)C. The molecule has 0 N–H and O–H groups in total. The van der Waals surface area contributed by atoms with E-state index in [0.29, 0.717) is 12.5 Å². The number of carbonyl (C=O) groups excluding carboxylic acids is 1. The minimum Gasteiger partial charge on any atom is -0.466 e. The standard InChI is InChI=1S/C25H33N3O2/c1-8-30-25(29)22(16(4)5)19-9-11-20(12-10-19)28-21(13-15(2)3)27-23-17(6)14-18(7)26-24(23)28/h9-12,14-16,22H,8,13H2,1-7H3. The largest absolute Gasteiger partial charge is 0.466 e. The van der Waals surface area contributed by atoms with Crippen LogP contribution in [0.4, 0.5) is 0 Å². The van der Waals surface area contributed by atoms with Gasteiger partial charge >= 0.3 is 5.97 Å². The number of pyridine rings is 1. The summed E-state index contributed by atoms with van der Waals surface area (Å²) in [6, 6.07) is 10.3. The van der Waals surface area contributed by atoms with Crippen molar-refractivity contribution in [1.82, 2.24) is 14.5 Å². The minimum absolute atomic E-state index is 0.160. The molecule has 1 unspecified atom stereocenters. The zero-order valence-corrected chi connectivity index (χ0v) is 19.2. The molecule has 0 aliphatic rings. The van der Waals surface area contributed by atoms with E-state index in [4.69, 9.17) is 14.7 Å². The third-order valence-corrected chi connectivity index (χ3v) is 5.31. The van der Waals surface area contributed by atoms with Gasteiger partial charge in [-0.1, -0.05) is 39.8 Å². The zero-order valence-electron chi connectivity index (χ0n) is 19.2. The van der Waals surface area contributed by atoms with Gasteiger partial charge in [0.05, 0.1) is 12.5 Å². The molecule has 0 aliphatic carbocycles. The predicted molar refractivity (Wildman–Crippen MR) is 121 cm³/mol. The maximum absolute atomic E-state index is 12.5. The van der Waals surface area contributed by atoms with E-state index in [1.54, 1.807) is 0 Å². The molecule has 2 aromatic heterocycles. The lowest BCUT2D eigenvalue weighted by molar-refractivity contribution is -0.146. The normalized spacial score (nSPS) is 12.7. The van der Waals surface area contributed by atoms with E-state index in [0.717, 1.165) is 45.9 Å². The zero-order chi connectivity index (χ0) is 22.0. The van der Waals surface area contributed by atoms with Gasteiger partial charge in [0, 0.05) is 17.8 Å². The number of carbonyl (C=O) groups is 1. The number of ether oxygens (including phenoxy) is 1. The molecule has 160 valence electrons. The number of nitrogens with zero attached hydrogens (tertiary/aromatic N) is 3. The average molecular weight is 408 g/mol. The van der Waals surface area contributed by atoms with E-state index in [1.165, 1.54) is 0 Å². The van der Waals surface area contributed by atoms with Crippen molar-refractivity contribution in [2.24, 2.45) is 11.8 Å². The van der Waals surface area contributed by atoms with Crippen molar-refractivity contribution in [3.05, 3.63) is 53.0 Å². The molecular formula is C25H33N3O2. The monoisotopic (exact) mass is 407 g/mol. The fourth-order valence-corrected chi connectivity index (χ4v) is 4.03. The Kier molecular flexibility index (Phi) is 6.59.